The Balaban J connectivity index is 1.69. The SMILES string of the molecule is Cc1cc(C)c(CNC(=O)Cn2nnc3ccccc32)c(C)c1. The van der Waals surface area contributed by atoms with Crippen LogP contribution >= 0.6 is 0 Å². The zero-order chi connectivity index (χ0) is 16.4. The second-order valence-corrected chi connectivity index (χ2v) is 5.89. The van der Waals surface area contributed by atoms with Crippen molar-refractivity contribution in [2.24, 2.45) is 0 Å². The van der Waals surface area contributed by atoms with E-state index < -0.39 is 0 Å². The molecule has 23 heavy (non-hydrogen) atoms. The molecule has 0 saturated heterocycles. The lowest BCUT2D eigenvalue weighted by atomic mass is 10.00. The van der Waals surface area contributed by atoms with E-state index in [1.54, 1.807) is 4.68 Å². The molecule has 1 N–H and O–H groups in total. The van der Waals surface area contributed by atoms with E-state index in [1.165, 1.54) is 22.3 Å². The van der Waals surface area contributed by atoms with Crippen LogP contribution in [0.1, 0.15) is 22.3 Å². The molecule has 3 aromatic rings. The third-order valence-corrected chi connectivity index (χ3v) is 4.02. The fourth-order valence-electron chi connectivity index (χ4n) is 2.90. The molecule has 0 radical (unpaired) electrons. The topological polar surface area (TPSA) is 59.8 Å². The molecule has 0 aliphatic heterocycles. The Morgan fingerprint density at radius 2 is 1.83 bits per heavy atom. The molecule has 0 spiro atoms. The average Bonchev–Trinajstić information content (AvgIpc) is 2.89. The number of para-hydroxylation sites is 1. The Hall–Kier alpha value is -2.69. The van der Waals surface area contributed by atoms with Crippen LogP contribution < -0.4 is 5.32 Å². The van der Waals surface area contributed by atoms with E-state index in [2.05, 4.69) is 48.5 Å². The van der Waals surface area contributed by atoms with Gasteiger partial charge in [-0.1, -0.05) is 35.0 Å². The maximum atomic E-state index is 12.2. The van der Waals surface area contributed by atoms with Gasteiger partial charge in [0.2, 0.25) is 5.91 Å². The monoisotopic (exact) mass is 308 g/mol. The third kappa shape index (κ3) is 3.23. The van der Waals surface area contributed by atoms with Crippen LogP contribution in [0.15, 0.2) is 36.4 Å². The maximum absolute atomic E-state index is 12.2. The summed E-state index contributed by atoms with van der Waals surface area (Å²) in [6.45, 7) is 6.94. The summed E-state index contributed by atoms with van der Waals surface area (Å²) in [4.78, 5) is 12.2. The summed E-state index contributed by atoms with van der Waals surface area (Å²) in [6.07, 6.45) is 0. The van der Waals surface area contributed by atoms with E-state index in [4.69, 9.17) is 0 Å². The number of aromatic nitrogens is 3. The minimum atomic E-state index is -0.0694. The van der Waals surface area contributed by atoms with Crippen molar-refractivity contribution in [1.82, 2.24) is 20.3 Å². The van der Waals surface area contributed by atoms with E-state index in [0.29, 0.717) is 6.54 Å². The highest BCUT2D eigenvalue weighted by Gasteiger charge is 2.10. The second-order valence-electron chi connectivity index (χ2n) is 5.89. The number of nitrogens with one attached hydrogen (secondary N) is 1. The molecule has 0 unspecified atom stereocenters. The molecule has 0 aliphatic carbocycles. The standard InChI is InChI=1S/C18H20N4O/c1-12-8-13(2)15(14(3)9-12)10-19-18(23)11-22-17-7-5-4-6-16(17)20-21-22/h4-9H,10-11H2,1-3H3,(H,19,23). The smallest absolute Gasteiger partial charge is 0.242 e. The van der Waals surface area contributed by atoms with Crippen molar-refractivity contribution in [1.29, 1.82) is 0 Å². The average molecular weight is 308 g/mol. The fraction of sp³-hybridized carbons (Fsp3) is 0.278. The van der Waals surface area contributed by atoms with Crippen LogP contribution in [0, 0.1) is 20.8 Å². The first kappa shape index (κ1) is 15.2. The Morgan fingerprint density at radius 1 is 1.13 bits per heavy atom. The molecule has 5 nitrogen and oxygen atoms in total. The quantitative estimate of drug-likeness (QED) is 0.806. The van der Waals surface area contributed by atoms with Crippen LogP contribution in [0.3, 0.4) is 0 Å². The number of nitrogens with zero attached hydrogens (tertiary/aromatic N) is 3. The fourth-order valence-corrected chi connectivity index (χ4v) is 2.90. The van der Waals surface area contributed by atoms with Gasteiger partial charge >= 0.3 is 0 Å². The van der Waals surface area contributed by atoms with Crippen molar-refractivity contribution < 1.29 is 4.79 Å². The molecule has 1 amide bonds. The number of carbonyl (C=O) groups is 1. The van der Waals surface area contributed by atoms with Gasteiger partial charge in [-0.15, -0.1) is 5.10 Å². The normalized spacial score (nSPS) is 10.9. The summed E-state index contributed by atoms with van der Waals surface area (Å²) >= 11 is 0. The van der Waals surface area contributed by atoms with Gasteiger partial charge in [-0.25, -0.2) is 4.68 Å². The minimum absolute atomic E-state index is 0.0694. The molecule has 118 valence electrons. The summed E-state index contributed by atoms with van der Waals surface area (Å²) in [5.41, 5.74) is 6.48. The van der Waals surface area contributed by atoms with Gasteiger partial charge in [0.1, 0.15) is 12.1 Å². The number of hydrogen-bond donors (Lipinski definition) is 1. The van der Waals surface area contributed by atoms with E-state index in [0.717, 1.165) is 11.0 Å². The van der Waals surface area contributed by atoms with E-state index in [9.17, 15) is 4.79 Å². The predicted molar refractivity (Wildman–Crippen MR) is 90.0 cm³/mol. The van der Waals surface area contributed by atoms with Crippen molar-refractivity contribution in [3.8, 4) is 0 Å². The van der Waals surface area contributed by atoms with Crippen molar-refractivity contribution in [2.75, 3.05) is 0 Å². The molecule has 1 heterocycles. The number of hydrogen-bond acceptors (Lipinski definition) is 3. The molecule has 0 atom stereocenters. The maximum Gasteiger partial charge on any atom is 0.242 e. The van der Waals surface area contributed by atoms with Gasteiger partial charge in [0.15, 0.2) is 0 Å². The van der Waals surface area contributed by atoms with Gasteiger partial charge in [0.05, 0.1) is 5.52 Å². The summed E-state index contributed by atoms with van der Waals surface area (Å²) in [7, 11) is 0. The van der Waals surface area contributed by atoms with Gasteiger partial charge in [-0.05, 0) is 49.6 Å². The van der Waals surface area contributed by atoms with E-state index in [1.807, 2.05) is 24.3 Å². The summed E-state index contributed by atoms with van der Waals surface area (Å²) in [5.74, 6) is -0.0694. The molecular formula is C18H20N4O. The number of benzene rings is 2. The number of amides is 1. The van der Waals surface area contributed by atoms with Crippen molar-refractivity contribution in [3.63, 3.8) is 0 Å². The molecule has 1 aromatic heterocycles. The Labute approximate surface area is 135 Å². The van der Waals surface area contributed by atoms with Crippen molar-refractivity contribution >= 4 is 16.9 Å². The van der Waals surface area contributed by atoms with Gasteiger partial charge < -0.3 is 5.32 Å². The first-order chi connectivity index (χ1) is 11.0. The van der Waals surface area contributed by atoms with Crippen molar-refractivity contribution in [3.05, 3.63) is 58.7 Å². The largest absolute Gasteiger partial charge is 0.350 e. The molecule has 0 aliphatic rings. The lowest BCUT2D eigenvalue weighted by Gasteiger charge is -2.12. The van der Waals surface area contributed by atoms with Crippen LogP contribution in [-0.2, 0) is 17.9 Å². The summed E-state index contributed by atoms with van der Waals surface area (Å²) in [5, 5.41) is 11.1. The zero-order valence-corrected chi connectivity index (χ0v) is 13.6. The Bertz CT molecular complexity index is 843. The highest BCUT2D eigenvalue weighted by Crippen LogP contribution is 2.16. The van der Waals surface area contributed by atoms with Crippen LogP contribution in [0.2, 0.25) is 0 Å². The first-order valence-electron chi connectivity index (χ1n) is 7.66. The highest BCUT2D eigenvalue weighted by atomic mass is 16.2. The summed E-state index contributed by atoms with van der Waals surface area (Å²) in [6, 6.07) is 11.9. The van der Waals surface area contributed by atoms with Gasteiger partial charge in [-0.3, -0.25) is 4.79 Å². The zero-order valence-electron chi connectivity index (χ0n) is 13.6. The molecule has 0 bridgehead atoms. The molecule has 5 heteroatoms. The molecule has 0 saturated carbocycles. The van der Waals surface area contributed by atoms with Crippen LogP contribution in [-0.4, -0.2) is 20.9 Å². The number of fused-ring (bicyclic) bond motifs is 1. The minimum Gasteiger partial charge on any atom is -0.350 e. The molecule has 3 rings (SSSR count). The van der Waals surface area contributed by atoms with Gasteiger partial charge in [-0.2, -0.15) is 0 Å². The van der Waals surface area contributed by atoms with Crippen LogP contribution in [0.4, 0.5) is 0 Å². The predicted octanol–water partition coefficient (Wildman–Crippen LogP) is 2.67. The number of rotatable bonds is 4. The second kappa shape index (κ2) is 6.20. The van der Waals surface area contributed by atoms with Gasteiger partial charge in [0, 0.05) is 6.54 Å². The Kier molecular flexibility index (Phi) is 4.10. The Morgan fingerprint density at radius 3 is 2.57 bits per heavy atom. The lowest BCUT2D eigenvalue weighted by Crippen LogP contribution is -2.28. The molecule has 2 aromatic carbocycles. The molecule has 0 fully saturated rings. The van der Waals surface area contributed by atoms with E-state index >= 15 is 0 Å². The highest BCUT2D eigenvalue weighted by molar-refractivity contribution is 5.79. The number of aryl methyl sites for hydroxylation is 3. The number of carbonyl (C=O) groups excluding carboxylic acids is 1. The first-order valence-corrected chi connectivity index (χ1v) is 7.66. The summed E-state index contributed by atoms with van der Waals surface area (Å²) < 4.78 is 1.62. The van der Waals surface area contributed by atoms with Gasteiger partial charge in [0.25, 0.3) is 0 Å². The van der Waals surface area contributed by atoms with Crippen molar-refractivity contribution in [2.45, 2.75) is 33.9 Å². The van der Waals surface area contributed by atoms with Crippen LogP contribution in [0.5, 0.6) is 0 Å². The van der Waals surface area contributed by atoms with Crippen LogP contribution in [0.25, 0.3) is 11.0 Å². The third-order valence-electron chi connectivity index (χ3n) is 4.02. The van der Waals surface area contributed by atoms with E-state index in [-0.39, 0.29) is 12.5 Å². The molecular weight excluding hydrogens is 288 g/mol. The lowest BCUT2D eigenvalue weighted by molar-refractivity contribution is -0.121.